The van der Waals surface area contributed by atoms with Gasteiger partial charge in [0.05, 0.1) is 24.0 Å². The van der Waals surface area contributed by atoms with E-state index < -0.39 is 30.1 Å². The molecule has 4 rings (SSSR count). The van der Waals surface area contributed by atoms with Gasteiger partial charge in [-0.25, -0.2) is 9.37 Å². The lowest BCUT2D eigenvalue weighted by Gasteiger charge is -2.24. The number of aromatic nitrogens is 2. The van der Waals surface area contributed by atoms with Gasteiger partial charge < -0.3 is 25.6 Å². The molecule has 0 radical (unpaired) electrons. The van der Waals surface area contributed by atoms with E-state index in [0.29, 0.717) is 28.9 Å². The van der Waals surface area contributed by atoms with Crippen molar-refractivity contribution in [2.24, 2.45) is 0 Å². The lowest BCUT2D eigenvalue weighted by atomic mass is 10.1. The van der Waals surface area contributed by atoms with Gasteiger partial charge in [0.15, 0.2) is 5.82 Å². The quantitative estimate of drug-likeness (QED) is 0.371. The molecule has 3 aromatic rings. The molecule has 184 valence electrons. The van der Waals surface area contributed by atoms with E-state index in [9.17, 15) is 22.4 Å². The lowest BCUT2D eigenvalue weighted by molar-refractivity contribution is -0.137. The highest BCUT2D eigenvalue weighted by atomic mass is 19.4. The predicted molar refractivity (Wildman–Crippen MR) is 123 cm³/mol. The molecule has 2 heterocycles. The van der Waals surface area contributed by atoms with E-state index in [4.69, 9.17) is 10.5 Å². The summed E-state index contributed by atoms with van der Waals surface area (Å²) in [6.45, 7) is -0.645. The van der Waals surface area contributed by atoms with E-state index >= 15 is 0 Å². The van der Waals surface area contributed by atoms with Crippen LogP contribution in [0.5, 0.6) is 5.75 Å². The minimum Gasteiger partial charge on any atom is -0.494 e. The fourth-order valence-electron chi connectivity index (χ4n) is 3.90. The average molecular weight is 490 g/mol. The summed E-state index contributed by atoms with van der Waals surface area (Å²) in [4.78, 5) is 23.3. The summed E-state index contributed by atoms with van der Waals surface area (Å²) in [7, 11) is 2.80. The molecule has 3 N–H and O–H groups in total. The molecule has 1 amide bonds. The average Bonchev–Trinajstić information content (AvgIpc) is 3.14. The SMILES string of the molecule is COc1cc(N)ccc1Nc1ncc(C(F)(F)F)c(N(C)c2cccc3c2C(=O)N(CCF)C3)n1. The van der Waals surface area contributed by atoms with Crippen molar-refractivity contribution in [3.8, 4) is 5.75 Å². The third kappa shape index (κ3) is 4.63. The number of nitrogen functional groups attached to an aromatic ring is 1. The molecule has 2 aromatic carbocycles. The van der Waals surface area contributed by atoms with Crippen LogP contribution in [0.4, 0.5) is 46.4 Å². The van der Waals surface area contributed by atoms with Crippen LogP contribution in [-0.4, -0.2) is 48.2 Å². The molecule has 1 aromatic heterocycles. The molecule has 0 bridgehead atoms. The number of amides is 1. The fraction of sp³-hybridized carbons (Fsp3) is 0.261. The Morgan fingerprint density at radius 3 is 2.71 bits per heavy atom. The van der Waals surface area contributed by atoms with E-state index in [1.807, 2.05) is 0 Å². The van der Waals surface area contributed by atoms with E-state index in [1.165, 1.54) is 30.0 Å². The highest BCUT2D eigenvalue weighted by Gasteiger charge is 2.38. The number of fused-ring (bicyclic) bond motifs is 1. The lowest BCUT2D eigenvalue weighted by Crippen LogP contribution is -2.27. The van der Waals surface area contributed by atoms with Gasteiger partial charge in [0.1, 0.15) is 18.0 Å². The summed E-state index contributed by atoms with van der Waals surface area (Å²) in [5.74, 6) is -0.689. The molecule has 0 fully saturated rings. The van der Waals surface area contributed by atoms with Crippen molar-refractivity contribution in [3.63, 3.8) is 0 Å². The fourth-order valence-corrected chi connectivity index (χ4v) is 3.90. The first-order chi connectivity index (χ1) is 16.6. The molecule has 0 atom stereocenters. The highest BCUT2D eigenvalue weighted by molar-refractivity contribution is 6.04. The molecule has 0 saturated carbocycles. The van der Waals surface area contributed by atoms with Crippen molar-refractivity contribution in [2.45, 2.75) is 12.7 Å². The van der Waals surface area contributed by atoms with Crippen LogP contribution >= 0.6 is 0 Å². The number of methoxy groups -OCH3 is 1. The number of nitrogens with one attached hydrogen (secondary N) is 1. The van der Waals surface area contributed by atoms with Gasteiger partial charge in [0.25, 0.3) is 5.91 Å². The van der Waals surface area contributed by atoms with Crippen molar-refractivity contribution in [1.29, 1.82) is 0 Å². The van der Waals surface area contributed by atoms with Gasteiger partial charge in [0, 0.05) is 38.1 Å². The molecule has 0 unspecified atom stereocenters. The van der Waals surface area contributed by atoms with Crippen molar-refractivity contribution in [2.75, 3.05) is 43.3 Å². The number of hydrogen-bond acceptors (Lipinski definition) is 7. The number of ether oxygens (including phenoxy) is 1. The van der Waals surface area contributed by atoms with Gasteiger partial charge in [-0.05, 0) is 23.8 Å². The Labute approximate surface area is 198 Å². The van der Waals surface area contributed by atoms with Crippen LogP contribution in [0, 0.1) is 0 Å². The molecule has 0 spiro atoms. The molecular formula is C23H22F4N6O2. The number of nitrogens with two attached hydrogens (primary N) is 1. The van der Waals surface area contributed by atoms with E-state index in [2.05, 4.69) is 15.3 Å². The number of nitrogens with zero attached hydrogens (tertiary/aromatic N) is 4. The number of benzene rings is 2. The number of halogens is 4. The zero-order chi connectivity index (χ0) is 25.3. The Bertz CT molecular complexity index is 1270. The van der Waals surface area contributed by atoms with Crippen molar-refractivity contribution in [1.82, 2.24) is 14.9 Å². The van der Waals surface area contributed by atoms with Gasteiger partial charge in [0.2, 0.25) is 5.95 Å². The van der Waals surface area contributed by atoms with Crippen LogP contribution in [0.15, 0.2) is 42.6 Å². The van der Waals surface area contributed by atoms with E-state index in [0.717, 1.165) is 0 Å². The Morgan fingerprint density at radius 1 is 1.26 bits per heavy atom. The first kappa shape index (κ1) is 24.0. The van der Waals surface area contributed by atoms with Crippen LogP contribution in [0.1, 0.15) is 21.5 Å². The van der Waals surface area contributed by atoms with Gasteiger partial charge in [-0.2, -0.15) is 18.2 Å². The van der Waals surface area contributed by atoms with Crippen LogP contribution in [-0.2, 0) is 12.7 Å². The van der Waals surface area contributed by atoms with Crippen molar-refractivity contribution in [3.05, 3.63) is 59.3 Å². The van der Waals surface area contributed by atoms with Crippen molar-refractivity contribution >= 4 is 34.7 Å². The molecule has 8 nitrogen and oxygen atoms in total. The Balaban J connectivity index is 1.77. The zero-order valence-electron chi connectivity index (χ0n) is 18.9. The Morgan fingerprint density at radius 2 is 2.03 bits per heavy atom. The number of anilines is 5. The molecule has 1 aliphatic rings. The Hall–Kier alpha value is -4.09. The molecule has 35 heavy (non-hydrogen) atoms. The monoisotopic (exact) mass is 490 g/mol. The summed E-state index contributed by atoms with van der Waals surface area (Å²) < 4.78 is 59.8. The van der Waals surface area contributed by atoms with E-state index in [1.54, 1.807) is 30.3 Å². The molecule has 0 aliphatic carbocycles. The molecular weight excluding hydrogens is 468 g/mol. The van der Waals surface area contributed by atoms with Gasteiger partial charge in [-0.1, -0.05) is 12.1 Å². The number of carbonyl (C=O) groups excluding carboxylic acids is 1. The van der Waals surface area contributed by atoms with Crippen LogP contribution in [0.3, 0.4) is 0 Å². The highest BCUT2D eigenvalue weighted by Crippen LogP contribution is 2.40. The second kappa shape index (κ2) is 9.28. The number of carbonyl (C=O) groups is 1. The summed E-state index contributed by atoms with van der Waals surface area (Å²) in [5.41, 5.74) is 6.53. The van der Waals surface area contributed by atoms with E-state index in [-0.39, 0.29) is 30.3 Å². The summed E-state index contributed by atoms with van der Waals surface area (Å²) >= 11 is 0. The number of rotatable bonds is 7. The first-order valence-electron chi connectivity index (χ1n) is 10.5. The third-order valence-corrected chi connectivity index (χ3v) is 5.57. The normalized spacial score (nSPS) is 13.1. The maximum Gasteiger partial charge on any atom is 0.421 e. The van der Waals surface area contributed by atoms with Crippen LogP contribution in [0.2, 0.25) is 0 Å². The molecule has 1 aliphatic heterocycles. The van der Waals surface area contributed by atoms with Crippen molar-refractivity contribution < 1.29 is 27.1 Å². The minimum atomic E-state index is -4.76. The minimum absolute atomic E-state index is 0.102. The topological polar surface area (TPSA) is 96.6 Å². The van der Waals surface area contributed by atoms with Gasteiger partial charge in [-0.15, -0.1) is 0 Å². The van der Waals surface area contributed by atoms with Crippen LogP contribution < -0.4 is 20.7 Å². The van der Waals surface area contributed by atoms with Gasteiger partial charge in [-0.3, -0.25) is 4.79 Å². The summed E-state index contributed by atoms with van der Waals surface area (Å²) in [6.07, 6.45) is -4.09. The molecule has 0 saturated heterocycles. The zero-order valence-corrected chi connectivity index (χ0v) is 18.9. The van der Waals surface area contributed by atoms with Gasteiger partial charge >= 0.3 is 6.18 Å². The second-order valence-electron chi connectivity index (χ2n) is 7.80. The number of alkyl halides is 4. The predicted octanol–water partition coefficient (Wildman–Crippen LogP) is 4.52. The standard InChI is InChI=1S/C23H22F4N6O2/c1-32(17-5-3-4-13-12-33(9-8-24)21(34)19(13)17)20-15(23(25,26)27)11-29-22(31-20)30-16-7-6-14(28)10-18(16)35-2/h3-7,10-11H,8-9,12,28H2,1-2H3,(H,29,30,31). The summed E-state index contributed by atoms with van der Waals surface area (Å²) in [6, 6.07) is 9.55. The third-order valence-electron chi connectivity index (χ3n) is 5.57. The maximum absolute atomic E-state index is 13.9. The first-order valence-corrected chi connectivity index (χ1v) is 10.5. The second-order valence-corrected chi connectivity index (χ2v) is 7.80. The molecule has 12 heteroatoms. The van der Waals surface area contributed by atoms with Crippen LogP contribution in [0.25, 0.3) is 0 Å². The maximum atomic E-state index is 13.9. The largest absolute Gasteiger partial charge is 0.494 e. The summed E-state index contributed by atoms with van der Waals surface area (Å²) in [5, 5.41) is 2.85. The Kier molecular flexibility index (Phi) is 6.37. The smallest absolute Gasteiger partial charge is 0.421 e. The number of hydrogen-bond donors (Lipinski definition) is 2.